The van der Waals surface area contributed by atoms with Crippen molar-refractivity contribution in [2.45, 2.75) is 31.7 Å². The summed E-state index contributed by atoms with van der Waals surface area (Å²) in [6.45, 7) is 1.49. The summed E-state index contributed by atoms with van der Waals surface area (Å²) in [5.74, 6) is 0.751. The molecule has 36 heavy (non-hydrogen) atoms. The van der Waals surface area contributed by atoms with Crippen LogP contribution in [0.25, 0.3) is 0 Å². The Morgan fingerprint density at radius 2 is 2.19 bits per heavy atom. The van der Waals surface area contributed by atoms with Crippen molar-refractivity contribution in [3.05, 3.63) is 75.9 Å². The Morgan fingerprint density at radius 3 is 2.97 bits per heavy atom. The van der Waals surface area contributed by atoms with Crippen molar-refractivity contribution in [3.8, 4) is 11.8 Å². The van der Waals surface area contributed by atoms with Crippen molar-refractivity contribution in [3.63, 3.8) is 0 Å². The smallest absolute Gasteiger partial charge is 0.317 e. The quantitative estimate of drug-likeness (QED) is 0.507. The molecule has 3 aromatic rings. The third kappa shape index (κ3) is 5.04. The molecule has 1 fully saturated rings. The van der Waals surface area contributed by atoms with Gasteiger partial charge in [0.25, 0.3) is 0 Å². The molecule has 5 rings (SSSR count). The van der Waals surface area contributed by atoms with Gasteiger partial charge >= 0.3 is 6.03 Å². The zero-order valence-corrected chi connectivity index (χ0v) is 20.8. The van der Waals surface area contributed by atoms with Crippen LogP contribution in [0.4, 0.5) is 9.80 Å². The largest absolute Gasteiger partial charge is 0.497 e. The van der Waals surface area contributed by atoms with E-state index in [-0.39, 0.29) is 23.8 Å². The number of amides is 3. The van der Waals surface area contributed by atoms with Crippen LogP contribution >= 0.6 is 11.3 Å². The number of nitrogens with zero attached hydrogens (tertiary/aromatic N) is 3. The second-order valence-electron chi connectivity index (χ2n) is 9.05. The molecule has 9 heteroatoms. The molecule has 1 aliphatic carbocycles. The summed E-state index contributed by atoms with van der Waals surface area (Å²) < 4.78 is 5.30. The lowest BCUT2D eigenvalue weighted by Crippen LogP contribution is -2.43. The highest BCUT2D eigenvalue weighted by atomic mass is 32.1. The monoisotopic (exact) mass is 501 g/mol. The van der Waals surface area contributed by atoms with E-state index in [1.807, 2.05) is 36.4 Å². The van der Waals surface area contributed by atoms with Crippen LogP contribution in [0.2, 0.25) is 0 Å². The van der Waals surface area contributed by atoms with E-state index in [2.05, 4.69) is 21.7 Å². The number of aromatic nitrogens is 1. The Bertz CT molecular complexity index is 1320. The summed E-state index contributed by atoms with van der Waals surface area (Å²) in [6.07, 6.45) is 5.61. The molecule has 2 aromatic heterocycles. The molecule has 1 aliphatic heterocycles. The van der Waals surface area contributed by atoms with Gasteiger partial charge in [-0.05, 0) is 60.1 Å². The number of anilines is 1. The highest BCUT2D eigenvalue weighted by Crippen LogP contribution is 2.49. The van der Waals surface area contributed by atoms with Gasteiger partial charge in [0.1, 0.15) is 16.8 Å². The zero-order valence-electron chi connectivity index (χ0n) is 20.0. The summed E-state index contributed by atoms with van der Waals surface area (Å²) in [6, 6.07) is 13.8. The number of pyridine rings is 1. The van der Waals surface area contributed by atoms with Gasteiger partial charge in [-0.2, -0.15) is 5.26 Å². The Morgan fingerprint density at radius 1 is 1.31 bits per heavy atom. The number of thiophene rings is 1. The van der Waals surface area contributed by atoms with Crippen LogP contribution < -0.4 is 15.4 Å². The van der Waals surface area contributed by atoms with Crippen molar-refractivity contribution in [2.75, 3.05) is 25.5 Å². The Hall–Kier alpha value is -3.90. The first-order chi connectivity index (χ1) is 17.6. The molecule has 2 unspecified atom stereocenters. The molecular formula is C27H27N5O3S. The normalized spacial score (nSPS) is 18.1. The fourth-order valence-electron chi connectivity index (χ4n) is 4.68. The van der Waals surface area contributed by atoms with Gasteiger partial charge in [0, 0.05) is 36.3 Å². The van der Waals surface area contributed by atoms with Gasteiger partial charge in [-0.15, -0.1) is 11.3 Å². The predicted octanol–water partition coefficient (Wildman–Crippen LogP) is 4.08. The molecule has 1 saturated carbocycles. The maximum atomic E-state index is 13.0. The van der Waals surface area contributed by atoms with Crippen molar-refractivity contribution in [2.24, 2.45) is 5.92 Å². The van der Waals surface area contributed by atoms with Crippen LogP contribution in [-0.2, 0) is 24.2 Å². The van der Waals surface area contributed by atoms with E-state index in [1.54, 1.807) is 24.4 Å². The second-order valence-corrected chi connectivity index (χ2v) is 10.2. The number of fused-ring (bicyclic) bond motifs is 1. The molecule has 8 nitrogen and oxygen atoms in total. The summed E-state index contributed by atoms with van der Waals surface area (Å²) >= 11 is 1.40. The third-order valence-corrected chi connectivity index (χ3v) is 7.89. The summed E-state index contributed by atoms with van der Waals surface area (Å²) in [5, 5.41) is 16.4. The molecule has 3 heterocycles. The van der Waals surface area contributed by atoms with Crippen LogP contribution in [0.1, 0.15) is 39.5 Å². The number of carbonyl (C=O) groups is 2. The SMILES string of the molecule is COc1cccc(C2CC2C(=O)Nc2sc3c(c2C#N)CCN(C(=O)NCCc2cccnc2)C3)c1. The number of carbonyl (C=O) groups excluding carboxylic acids is 2. The number of nitrogens with one attached hydrogen (secondary N) is 2. The molecular weight excluding hydrogens is 474 g/mol. The summed E-state index contributed by atoms with van der Waals surface area (Å²) in [4.78, 5) is 32.5. The van der Waals surface area contributed by atoms with Gasteiger partial charge < -0.3 is 20.3 Å². The van der Waals surface area contributed by atoms with E-state index in [1.165, 1.54) is 11.3 Å². The number of rotatable bonds is 7. The lowest BCUT2D eigenvalue weighted by Gasteiger charge is -2.27. The topological polar surface area (TPSA) is 107 Å². The minimum atomic E-state index is -0.124. The van der Waals surface area contributed by atoms with Crippen LogP contribution in [0.5, 0.6) is 5.75 Å². The number of benzene rings is 1. The van der Waals surface area contributed by atoms with Gasteiger partial charge in [-0.25, -0.2) is 4.79 Å². The maximum absolute atomic E-state index is 13.0. The first kappa shape index (κ1) is 23.8. The zero-order chi connectivity index (χ0) is 25.1. The number of ether oxygens (including phenoxy) is 1. The molecule has 2 atom stereocenters. The van der Waals surface area contributed by atoms with Crippen molar-refractivity contribution in [1.29, 1.82) is 5.26 Å². The van der Waals surface area contributed by atoms with Gasteiger partial charge in [-0.3, -0.25) is 9.78 Å². The highest BCUT2D eigenvalue weighted by Gasteiger charge is 2.44. The molecule has 3 amide bonds. The molecule has 2 N–H and O–H groups in total. The summed E-state index contributed by atoms with van der Waals surface area (Å²) in [5.41, 5.74) is 3.63. The van der Waals surface area contributed by atoms with Crippen LogP contribution in [-0.4, -0.2) is 42.0 Å². The van der Waals surface area contributed by atoms with E-state index < -0.39 is 0 Å². The minimum Gasteiger partial charge on any atom is -0.497 e. The Labute approximate surface area is 213 Å². The predicted molar refractivity (Wildman–Crippen MR) is 137 cm³/mol. The maximum Gasteiger partial charge on any atom is 0.317 e. The molecule has 0 bridgehead atoms. The first-order valence-electron chi connectivity index (χ1n) is 12.0. The van der Waals surface area contributed by atoms with Crippen molar-refractivity contribution < 1.29 is 14.3 Å². The fraction of sp³-hybridized carbons (Fsp3) is 0.333. The highest BCUT2D eigenvalue weighted by molar-refractivity contribution is 7.16. The van der Waals surface area contributed by atoms with E-state index in [0.29, 0.717) is 43.0 Å². The fourth-order valence-corrected chi connectivity index (χ4v) is 5.90. The van der Waals surface area contributed by atoms with E-state index >= 15 is 0 Å². The Kier molecular flexibility index (Phi) is 6.87. The number of hydrogen-bond donors (Lipinski definition) is 2. The number of hydrogen-bond acceptors (Lipinski definition) is 6. The van der Waals surface area contributed by atoms with Crippen LogP contribution in [0.3, 0.4) is 0 Å². The molecule has 1 aromatic carbocycles. The van der Waals surface area contributed by atoms with E-state index in [4.69, 9.17) is 4.74 Å². The minimum absolute atomic E-state index is 0.0667. The lowest BCUT2D eigenvalue weighted by molar-refractivity contribution is -0.117. The second kappa shape index (κ2) is 10.4. The van der Waals surface area contributed by atoms with Gasteiger partial charge in [0.2, 0.25) is 5.91 Å². The summed E-state index contributed by atoms with van der Waals surface area (Å²) in [7, 11) is 1.63. The standard InChI is InChI=1S/C27H27N5O3S/c1-35-19-6-2-5-18(12-19)21-13-22(21)25(33)31-26-23(14-28)20-8-11-32(16-24(20)36-26)27(34)30-10-7-17-4-3-9-29-15-17/h2-6,9,12,15,21-22H,7-8,10-11,13,16H2,1H3,(H,30,34)(H,31,33). The van der Waals surface area contributed by atoms with Gasteiger partial charge in [-0.1, -0.05) is 18.2 Å². The molecule has 0 spiro atoms. The molecule has 0 radical (unpaired) electrons. The van der Waals surface area contributed by atoms with Gasteiger partial charge in [0.05, 0.1) is 19.2 Å². The van der Waals surface area contributed by atoms with E-state index in [0.717, 1.165) is 33.7 Å². The molecule has 2 aliphatic rings. The van der Waals surface area contributed by atoms with Crippen molar-refractivity contribution in [1.82, 2.24) is 15.2 Å². The first-order valence-corrected chi connectivity index (χ1v) is 12.8. The number of nitriles is 1. The van der Waals surface area contributed by atoms with Gasteiger partial charge in [0.15, 0.2) is 0 Å². The Balaban J connectivity index is 1.19. The van der Waals surface area contributed by atoms with Crippen molar-refractivity contribution >= 4 is 28.3 Å². The average Bonchev–Trinajstić information content (AvgIpc) is 3.64. The molecule has 184 valence electrons. The average molecular weight is 502 g/mol. The third-order valence-electron chi connectivity index (χ3n) is 6.75. The van der Waals surface area contributed by atoms with Crippen LogP contribution in [0, 0.1) is 17.2 Å². The van der Waals surface area contributed by atoms with Crippen LogP contribution in [0.15, 0.2) is 48.8 Å². The molecule has 0 saturated heterocycles. The lowest BCUT2D eigenvalue weighted by atomic mass is 10.0. The number of methoxy groups -OCH3 is 1. The van der Waals surface area contributed by atoms with E-state index in [9.17, 15) is 14.9 Å². The number of urea groups is 1.